The van der Waals surface area contributed by atoms with Crippen LogP contribution in [0.5, 0.6) is 0 Å². The standard InChI is InChI=1S/C18H16Cl2F3NO5S2/c19-10-1-6-17(30(26,27)12-3-2-11(25)8-12)16(7-10)24-31(28,29)13-4-5-15(20)14(9-13)18(21,22)23/h1,4-7,9,11-12,24-25H,2-3,8H2. The fraction of sp³-hybridized carbons (Fsp3) is 0.333. The first kappa shape index (κ1) is 24.1. The van der Waals surface area contributed by atoms with E-state index in [2.05, 4.69) is 0 Å². The Morgan fingerprint density at radius 2 is 1.68 bits per heavy atom. The molecule has 2 unspecified atom stereocenters. The molecule has 0 saturated heterocycles. The van der Waals surface area contributed by atoms with Gasteiger partial charge in [0.1, 0.15) is 0 Å². The highest BCUT2D eigenvalue weighted by atomic mass is 35.5. The maximum atomic E-state index is 13.1. The van der Waals surface area contributed by atoms with E-state index >= 15 is 0 Å². The van der Waals surface area contributed by atoms with E-state index in [1.54, 1.807) is 0 Å². The Kier molecular flexibility index (Phi) is 6.56. The molecule has 6 nitrogen and oxygen atoms in total. The minimum absolute atomic E-state index is 0.00944. The lowest BCUT2D eigenvalue weighted by molar-refractivity contribution is -0.137. The van der Waals surface area contributed by atoms with Crippen molar-refractivity contribution in [3.63, 3.8) is 0 Å². The third-order valence-corrected chi connectivity index (χ3v) is 9.04. The van der Waals surface area contributed by atoms with Crippen molar-refractivity contribution in [2.75, 3.05) is 4.72 Å². The van der Waals surface area contributed by atoms with Crippen molar-refractivity contribution < 1.29 is 35.1 Å². The summed E-state index contributed by atoms with van der Waals surface area (Å²) in [5.74, 6) is 0. The predicted octanol–water partition coefficient (Wildman–Crippen LogP) is 4.50. The maximum Gasteiger partial charge on any atom is 0.417 e. The summed E-state index contributed by atoms with van der Waals surface area (Å²) in [6, 6.07) is 5.43. The zero-order chi connectivity index (χ0) is 23.2. The van der Waals surface area contributed by atoms with Gasteiger partial charge in [0, 0.05) is 5.02 Å². The fourth-order valence-electron chi connectivity index (χ4n) is 3.30. The summed E-state index contributed by atoms with van der Waals surface area (Å²) in [7, 11) is -8.69. The van der Waals surface area contributed by atoms with Crippen molar-refractivity contribution in [3.8, 4) is 0 Å². The van der Waals surface area contributed by atoms with E-state index in [9.17, 15) is 35.1 Å². The zero-order valence-corrected chi connectivity index (χ0v) is 18.7. The van der Waals surface area contributed by atoms with Crippen LogP contribution >= 0.6 is 23.2 Å². The third-order valence-electron chi connectivity index (χ3n) is 4.84. The Bertz CT molecular complexity index is 1220. The largest absolute Gasteiger partial charge is 0.417 e. The molecule has 0 spiro atoms. The maximum absolute atomic E-state index is 13.1. The average Bonchev–Trinajstić information content (AvgIpc) is 3.07. The van der Waals surface area contributed by atoms with Crippen LogP contribution in [0.4, 0.5) is 18.9 Å². The van der Waals surface area contributed by atoms with Crippen LogP contribution in [-0.2, 0) is 26.0 Å². The van der Waals surface area contributed by atoms with Crippen LogP contribution in [0.2, 0.25) is 10.0 Å². The number of alkyl halides is 3. The number of nitrogens with one attached hydrogen (secondary N) is 1. The molecule has 2 N–H and O–H groups in total. The Balaban J connectivity index is 2.04. The van der Waals surface area contributed by atoms with Gasteiger partial charge >= 0.3 is 6.18 Å². The minimum atomic E-state index is -4.89. The molecular weight excluding hydrogens is 502 g/mol. The lowest BCUT2D eigenvalue weighted by Crippen LogP contribution is -2.22. The van der Waals surface area contributed by atoms with Crippen molar-refractivity contribution in [1.29, 1.82) is 0 Å². The smallest absolute Gasteiger partial charge is 0.393 e. The fourth-order valence-corrected chi connectivity index (χ4v) is 6.81. The van der Waals surface area contributed by atoms with Gasteiger partial charge in [0.2, 0.25) is 0 Å². The third kappa shape index (κ3) is 5.11. The first-order chi connectivity index (χ1) is 14.2. The Labute approximate surface area is 187 Å². The molecule has 0 aliphatic heterocycles. The monoisotopic (exact) mass is 517 g/mol. The number of hydrogen-bond donors (Lipinski definition) is 2. The van der Waals surface area contributed by atoms with Crippen molar-refractivity contribution in [1.82, 2.24) is 0 Å². The van der Waals surface area contributed by atoms with E-state index in [1.165, 1.54) is 6.07 Å². The summed E-state index contributed by atoms with van der Waals surface area (Å²) in [6.45, 7) is 0. The zero-order valence-electron chi connectivity index (χ0n) is 15.5. The molecule has 2 atom stereocenters. The molecule has 1 aliphatic carbocycles. The predicted molar refractivity (Wildman–Crippen MR) is 110 cm³/mol. The second-order valence-electron chi connectivity index (χ2n) is 7.02. The number of aliphatic hydroxyl groups excluding tert-OH is 1. The summed E-state index contributed by atoms with van der Waals surface area (Å²) in [5.41, 5.74) is -1.76. The minimum Gasteiger partial charge on any atom is -0.393 e. The number of anilines is 1. The molecular formula is C18H16Cl2F3NO5S2. The van der Waals surface area contributed by atoms with Crippen LogP contribution in [0.25, 0.3) is 0 Å². The van der Waals surface area contributed by atoms with Gasteiger partial charge in [-0.25, -0.2) is 16.8 Å². The topological polar surface area (TPSA) is 101 Å². The molecule has 13 heteroatoms. The molecule has 0 aromatic heterocycles. The van der Waals surface area contributed by atoms with Crippen LogP contribution in [0.15, 0.2) is 46.2 Å². The molecule has 0 amide bonds. The van der Waals surface area contributed by atoms with E-state index in [0.717, 1.165) is 24.3 Å². The normalized spacial score (nSPS) is 20.1. The molecule has 1 aliphatic rings. The van der Waals surface area contributed by atoms with Crippen molar-refractivity contribution in [3.05, 3.63) is 52.0 Å². The number of sulfonamides is 1. The highest BCUT2D eigenvalue weighted by Crippen LogP contribution is 2.38. The van der Waals surface area contributed by atoms with Crippen LogP contribution in [0, 0.1) is 0 Å². The van der Waals surface area contributed by atoms with Gasteiger partial charge in [0.05, 0.1) is 37.4 Å². The van der Waals surface area contributed by atoms with Crippen LogP contribution in [0.3, 0.4) is 0 Å². The van der Waals surface area contributed by atoms with E-state index in [1.807, 2.05) is 4.72 Å². The van der Waals surface area contributed by atoms with Gasteiger partial charge in [-0.2, -0.15) is 13.2 Å². The molecule has 31 heavy (non-hydrogen) atoms. The number of rotatable bonds is 5. The van der Waals surface area contributed by atoms with Crippen molar-refractivity contribution in [2.24, 2.45) is 0 Å². The SMILES string of the molecule is O=S(=O)(Nc1cc(Cl)ccc1S(=O)(=O)C1CCC(O)C1)c1ccc(Cl)c(C(F)(F)F)c1. The second kappa shape index (κ2) is 8.43. The van der Waals surface area contributed by atoms with Crippen LogP contribution < -0.4 is 4.72 Å². The highest BCUT2D eigenvalue weighted by Gasteiger charge is 2.37. The summed E-state index contributed by atoms with van der Waals surface area (Å²) in [6.07, 6.45) is -5.23. The van der Waals surface area contributed by atoms with Crippen LogP contribution in [0.1, 0.15) is 24.8 Å². The van der Waals surface area contributed by atoms with E-state index < -0.39 is 58.6 Å². The Hall–Kier alpha value is -1.53. The van der Waals surface area contributed by atoms with Crippen molar-refractivity contribution in [2.45, 2.75) is 46.6 Å². The lowest BCUT2D eigenvalue weighted by Gasteiger charge is -2.17. The van der Waals surface area contributed by atoms with E-state index in [0.29, 0.717) is 6.07 Å². The number of hydrogen-bond acceptors (Lipinski definition) is 5. The molecule has 0 bridgehead atoms. The molecule has 2 aromatic carbocycles. The molecule has 3 rings (SSSR count). The summed E-state index contributed by atoms with van der Waals surface area (Å²) in [4.78, 5) is -1.14. The molecule has 170 valence electrons. The first-order valence-corrected chi connectivity index (χ1v) is 12.6. The Morgan fingerprint density at radius 3 is 2.26 bits per heavy atom. The van der Waals surface area contributed by atoms with Gasteiger partial charge < -0.3 is 5.11 Å². The highest BCUT2D eigenvalue weighted by molar-refractivity contribution is 7.93. The van der Waals surface area contributed by atoms with Gasteiger partial charge in [0.25, 0.3) is 10.0 Å². The van der Waals surface area contributed by atoms with Gasteiger partial charge in [0.15, 0.2) is 9.84 Å². The molecule has 0 radical (unpaired) electrons. The van der Waals surface area contributed by atoms with Gasteiger partial charge in [-0.3, -0.25) is 4.72 Å². The quantitative estimate of drug-likeness (QED) is 0.607. The van der Waals surface area contributed by atoms with Crippen molar-refractivity contribution >= 4 is 48.7 Å². The lowest BCUT2D eigenvalue weighted by atomic mass is 10.2. The summed E-state index contributed by atoms with van der Waals surface area (Å²) >= 11 is 11.4. The number of halogens is 5. The molecule has 1 saturated carbocycles. The second-order valence-corrected chi connectivity index (χ2v) is 11.7. The van der Waals surface area contributed by atoms with Gasteiger partial charge in [-0.1, -0.05) is 23.2 Å². The van der Waals surface area contributed by atoms with E-state index in [4.69, 9.17) is 23.2 Å². The number of benzene rings is 2. The Morgan fingerprint density at radius 1 is 1.00 bits per heavy atom. The number of aliphatic hydroxyl groups is 1. The first-order valence-electron chi connectivity index (χ1n) is 8.83. The van der Waals surface area contributed by atoms with Crippen LogP contribution in [-0.4, -0.2) is 33.3 Å². The molecule has 1 fully saturated rings. The van der Waals surface area contributed by atoms with Gasteiger partial charge in [-0.15, -0.1) is 0 Å². The molecule has 0 heterocycles. The molecule has 2 aromatic rings. The summed E-state index contributed by atoms with van der Waals surface area (Å²) in [5, 5.41) is 8.07. The summed E-state index contributed by atoms with van der Waals surface area (Å²) < 4.78 is 92.9. The van der Waals surface area contributed by atoms with Gasteiger partial charge in [-0.05, 0) is 55.7 Å². The average molecular weight is 518 g/mol. The van der Waals surface area contributed by atoms with E-state index in [-0.39, 0.29) is 29.2 Å². The number of sulfone groups is 1.